The van der Waals surface area contributed by atoms with Gasteiger partial charge in [0.05, 0.1) is 0 Å². The maximum Gasteiger partial charge on any atom is 0.0128 e. The molecule has 2 N–H and O–H groups in total. The molecular weight excluding hydrogens is 230 g/mol. The molecule has 0 saturated heterocycles. The summed E-state index contributed by atoms with van der Waals surface area (Å²) in [7, 11) is 0. The van der Waals surface area contributed by atoms with Crippen LogP contribution in [-0.2, 0) is 0 Å². The van der Waals surface area contributed by atoms with Crippen molar-refractivity contribution in [3.05, 3.63) is 11.1 Å². The molecule has 0 spiro atoms. The smallest absolute Gasteiger partial charge is 0.0128 e. The Labute approximate surface area is 121 Å². The van der Waals surface area contributed by atoms with Crippen LogP contribution < -0.4 is 5.73 Å². The van der Waals surface area contributed by atoms with Gasteiger partial charge in [-0.1, -0.05) is 57.6 Å². The van der Waals surface area contributed by atoms with Gasteiger partial charge in [-0.05, 0) is 51.4 Å². The van der Waals surface area contributed by atoms with Gasteiger partial charge < -0.3 is 5.73 Å². The Morgan fingerprint density at radius 1 is 1.21 bits per heavy atom. The molecule has 0 aromatic rings. The van der Waals surface area contributed by atoms with E-state index in [9.17, 15) is 0 Å². The molecule has 112 valence electrons. The standard InChI is InChI=1S/C18H35N/c1-6-14(2)17-11-13-18(5,19)12-9-7-8-10-15(3)16(17)4/h15-16H,6-13,19H2,1-5H3. The molecule has 0 radical (unpaired) electrons. The first-order valence-corrected chi connectivity index (χ1v) is 8.34. The van der Waals surface area contributed by atoms with E-state index in [-0.39, 0.29) is 5.54 Å². The molecular formula is C18H35N. The SMILES string of the molecule is CCC(C)=C1CCC(C)(N)CCCCCC(C)C1C. The quantitative estimate of drug-likeness (QED) is 0.627. The summed E-state index contributed by atoms with van der Waals surface area (Å²) < 4.78 is 0. The predicted octanol–water partition coefficient (Wildman–Crippen LogP) is 5.45. The lowest BCUT2D eigenvalue weighted by Crippen LogP contribution is -2.36. The highest BCUT2D eigenvalue weighted by Gasteiger charge is 2.24. The van der Waals surface area contributed by atoms with Crippen LogP contribution in [0.3, 0.4) is 0 Å². The molecule has 1 fully saturated rings. The summed E-state index contributed by atoms with van der Waals surface area (Å²) in [6.45, 7) is 11.7. The van der Waals surface area contributed by atoms with Gasteiger partial charge in [0.15, 0.2) is 0 Å². The van der Waals surface area contributed by atoms with Crippen LogP contribution in [0.25, 0.3) is 0 Å². The highest BCUT2D eigenvalue weighted by atomic mass is 14.7. The molecule has 1 aliphatic rings. The highest BCUT2D eigenvalue weighted by Crippen LogP contribution is 2.34. The molecule has 3 atom stereocenters. The van der Waals surface area contributed by atoms with E-state index in [2.05, 4.69) is 34.6 Å². The maximum atomic E-state index is 6.48. The number of allylic oxidation sites excluding steroid dienone is 2. The van der Waals surface area contributed by atoms with Crippen molar-refractivity contribution in [2.24, 2.45) is 17.6 Å². The van der Waals surface area contributed by atoms with Crippen molar-refractivity contribution >= 4 is 0 Å². The van der Waals surface area contributed by atoms with E-state index in [1.54, 1.807) is 11.1 Å². The van der Waals surface area contributed by atoms with Crippen LogP contribution in [0.15, 0.2) is 11.1 Å². The van der Waals surface area contributed by atoms with E-state index in [0.717, 1.165) is 18.3 Å². The van der Waals surface area contributed by atoms with Crippen molar-refractivity contribution < 1.29 is 0 Å². The maximum absolute atomic E-state index is 6.48. The first-order valence-electron chi connectivity index (χ1n) is 8.34. The first-order chi connectivity index (χ1) is 8.87. The van der Waals surface area contributed by atoms with E-state index in [4.69, 9.17) is 5.73 Å². The van der Waals surface area contributed by atoms with Crippen molar-refractivity contribution in [2.45, 2.75) is 91.5 Å². The normalized spacial score (nSPS) is 37.6. The number of hydrogen-bond donors (Lipinski definition) is 1. The highest BCUT2D eigenvalue weighted by molar-refractivity contribution is 5.16. The van der Waals surface area contributed by atoms with Crippen molar-refractivity contribution in [1.29, 1.82) is 0 Å². The van der Waals surface area contributed by atoms with E-state index < -0.39 is 0 Å². The molecule has 1 heteroatoms. The van der Waals surface area contributed by atoms with Crippen LogP contribution in [0.1, 0.15) is 86.0 Å². The summed E-state index contributed by atoms with van der Waals surface area (Å²) >= 11 is 0. The van der Waals surface area contributed by atoms with Gasteiger partial charge in [-0.15, -0.1) is 0 Å². The van der Waals surface area contributed by atoms with E-state index >= 15 is 0 Å². The zero-order valence-corrected chi connectivity index (χ0v) is 13.9. The molecule has 1 saturated carbocycles. The molecule has 1 aliphatic carbocycles. The number of hydrogen-bond acceptors (Lipinski definition) is 1. The summed E-state index contributed by atoms with van der Waals surface area (Å²) in [5, 5.41) is 0. The van der Waals surface area contributed by atoms with Crippen LogP contribution in [-0.4, -0.2) is 5.54 Å². The third-order valence-electron chi connectivity index (χ3n) is 5.35. The molecule has 1 rings (SSSR count). The number of rotatable bonds is 1. The van der Waals surface area contributed by atoms with Crippen molar-refractivity contribution in [2.75, 3.05) is 0 Å². The average Bonchev–Trinajstić information content (AvgIpc) is 2.38. The second-order valence-electron chi connectivity index (χ2n) is 7.18. The van der Waals surface area contributed by atoms with E-state index in [1.807, 2.05) is 0 Å². The fourth-order valence-corrected chi connectivity index (χ4v) is 3.37. The van der Waals surface area contributed by atoms with Gasteiger partial charge >= 0.3 is 0 Å². The van der Waals surface area contributed by atoms with Gasteiger partial charge in [0.2, 0.25) is 0 Å². The second kappa shape index (κ2) is 7.47. The summed E-state index contributed by atoms with van der Waals surface area (Å²) in [5.41, 5.74) is 9.82. The van der Waals surface area contributed by atoms with E-state index in [0.29, 0.717) is 0 Å². The van der Waals surface area contributed by atoms with Crippen LogP contribution >= 0.6 is 0 Å². The van der Waals surface area contributed by atoms with Gasteiger partial charge in [0, 0.05) is 5.54 Å². The van der Waals surface area contributed by atoms with Crippen LogP contribution in [0.5, 0.6) is 0 Å². The summed E-state index contributed by atoms with van der Waals surface area (Å²) in [5.74, 6) is 1.55. The van der Waals surface area contributed by atoms with Crippen molar-refractivity contribution in [3.8, 4) is 0 Å². The molecule has 0 heterocycles. The largest absolute Gasteiger partial charge is 0.325 e. The van der Waals surface area contributed by atoms with Gasteiger partial charge in [0.25, 0.3) is 0 Å². The van der Waals surface area contributed by atoms with Gasteiger partial charge in [0.1, 0.15) is 0 Å². The van der Waals surface area contributed by atoms with Crippen LogP contribution in [0, 0.1) is 11.8 Å². The Balaban J connectivity index is 2.90. The second-order valence-corrected chi connectivity index (χ2v) is 7.18. The Morgan fingerprint density at radius 3 is 2.53 bits per heavy atom. The molecule has 0 amide bonds. The van der Waals surface area contributed by atoms with E-state index in [1.165, 1.54) is 44.9 Å². The molecule has 0 bridgehead atoms. The minimum absolute atomic E-state index is 0.0343. The third kappa shape index (κ3) is 5.30. The summed E-state index contributed by atoms with van der Waals surface area (Å²) in [6, 6.07) is 0. The molecule has 3 unspecified atom stereocenters. The minimum Gasteiger partial charge on any atom is -0.325 e. The fourth-order valence-electron chi connectivity index (χ4n) is 3.37. The predicted molar refractivity (Wildman–Crippen MR) is 86.2 cm³/mol. The Bertz CT molecular complexity index is 301. The zero-order chi connectivity index (χ0) is 14.5. The number of nitrogens with two attached hydrogens (primary N) is 1. The van der Waals surface area contributed by atoms with Gasteiger partial charge in [-0.2, -0.15) is 0 Å². The lowest BCUT2D eigenvalue weighted by atomic mass is 9.79. The van der Waals surface area contributed by atoms with Crippen molar-refractivity contribution in [1.82, 2.24) is 0 Å². The molecule has 1 nitrogen and oxygen atoms in total. The van der Waals surface area contributed by atoms with Gasteiger partial charge in [-0.25, -0.2) is 0 Å². The summed E-state index contributed by atoms with van der Waals surface area (Å²) in [6.07, 6.45) is 10.1. The Kier molecular flexibility index (Phi) is 6.59. The minimum atomic E-state index is 0.0343. The monoisotopic (exact) mass is 265 g/mol. The summed E-state index contributed by atoms with van der Waals surface area (Å²) in [4.78, 5) is 0. The lowest BCUT2D eigenvalue weighted by molar-refractivity contribution is 0.376. The third-order valence-corrected chi connectivity index (χ3v) is 5.35. The first kappa shape index (κ1) is 16.8. The lowest BCUT2D eigenvalue weighted by Gasteiger charge is -2.28. The average molecular weight is 265 g/mol. The van der Waals surface area contributed by atoms with Crippen LogP contribution in [0.4, 0.5) is 0 Å². The van der Waals surface area contributed by atoms with Crippen LogP contribution in [0.2, 0.25) is 0 Å². The molecule has 0 aromatic carbocycles. The van der Waals surface area contributed by atoms with Gasteiger partial charge in [-0.3, -0.25) is 0 Å². The molecule has 0 aromatic heterocycles. The molecule has 19 heavy (non-hydrogen) atoms. The Hall–Kier alpha value is -0.300. The Morgan fingerprint density at radius 2 is 1.89 bits per heavy atom. The molecule has 0 aliphatic heterocycles. The fraction of sp³-hybridized carbons (Fsp3) is 0.889. The topological polar surface area (TPSA) is 26.0 Å². The van der Waals surface area contributed by atoms with Crippen molar-refractivity contribution in [3.63, 3.8) is 0 Å². The zero-order valence-electron chi connectivity index (χ0n) is 13.9.